The van der Waals surface area contributed by atoms with Gasteiger partial charge < -0.3 is 22.3 Å². The Balaban J connectivity index is 1.89. The Morgan fingerprint density at radius 1 is 1.16 bits per heavy atom. The number of nitrogens with two attached hydrogens (primary N) is 3. The van der Waals surface area contributed by atoms with Gasteiger partial charge in [0.2, 0.25) is 0 Å². The van der Waals surface area contributed by atoms with Crippen LogP contribution in [0.1, 0.15) is 48.0 Å². The SMILES string of the molecule is NC(=O)Nc1sc(-c2ccc(/C(=C/C[C@@H](N)C(=O)O)C3CCCC3)cc2)cc1C(N)=O. The molecular formula is C22H26N4O4S. The predicted molar refractivity (Wildman–Crippen MR) is 122 cm³/mol. The smallest absolute Gasteiger partial charge is 0.320 e. The van der Waals surface area contributed by atoms with Crippen molar-refractivity contribution >= 4 is 39.8 Å². The van der Waals surface area contributed by atoms with Gasteiger partial charge in [-0.3, -0.25) is 14.9 Å². The van der Waals surface area contributed by atoms with Gasteiger partial charge in [-0.25, -0.2) is 4.79 Å². The lowest BCUT2D eigenvalue weighted by atomic mass is 9.89. The van der Waals surface area contributed by atoms with E-state index >= 15 is 0 Å². The molecule has 8 nitrogen and oxygen atoms in total. The molecule has 0 spiro atoms. The molecule has 1 atom stereocenters. The Morgan fingerprint density at radius 2 is 1.81 bits per heavy atom. The molecule has 1 fully saturated rings. The molecule has 0 saturated heterocycles. The molecule has 0 aliphatic heterocycles. The average molecular weight is 443 g/mol. The van der Waals surface area contributed by atoms with Crippen molar-refractivity contribution in [3.8, 4) is 10.4 Å². The first-order valence-corrected chi connectivity index (χ1v) is 10.9. The van der Waals surface area contributed by atoms with E-state index in [0.717, 1.165) is 47.3 Å². The van der Waals surface area contributed by atoms with Crippen LogP contribution in [-0.4, -0.2) is 29.1 Å². The second-order valence-corrected chi connectivity index (χ2v) is 8.66. The van der Waals surface area contributed by atoms with Gasteiger partial charge in [0.1, 0.15) is 11.0 Å². The molecule has 1 aromatic carbocycles. The highest BCUT2D eigenvalue weighted by molar-refractivity contribution is 7.20. The van der Waals surface area contributed by atoms with Crippen molar-refractivity contribution in [2.45, 2.75) is 38.1 Å². The van der Waals surface area contributed by atoms with Crippen LogP contribution in [0.15, 0.2) is 36.4 Å². The van der Waals surface area contributed by atoms with E-state index in [1.807, 2.05) is 30.3 Å². The molecule has 2 aromatic rings. The van der Waals surface area contributed by atoms with Crippen molar-refractivity contribution in [2.24, 2.45) is 23.1 Å². The van der Waals surface area contributed by atoms with Gasteiger partial charge in [0, 0.05) is 4.88 Å². The van der Waals surface area contributed by atoms with E-state index in [0.29, 0.717) is 10.9 Å². The molecule has 1 heterocycles. The number of anilines is 1. The monoisotopic (exact) mass is 442 g/mol. The molecule has 1 aromatic heterocycles. The third-order valence-corrected chi connectivity index (χ3v) is 6.54. The van der Waals surface area contributed by atoms with E-state index in [-0.39, 0.29) is 12.0 Å². The van der Waals surface area contributed by atoms with Crippen LogP contribution in [0.3, 0.4) is 0 Å². The number of urea groups is 1. The lowest BCUT2D eigenvalue weighted by Gasteiger charge is -2.16. The van der Waals surface area contributed by atoms with Crippen LogP contribution in [0.25, 0.3) is 16.0 Å². The summed E-state index contributed by atoms with van der Waals surface area (Å²) in [6, 6.07) is 7.77. The number of thiophene rings is 1. The lowest BCUT2D eigenvalue weighted by molar-refractivity contribution is -0.138. The number of carbonyl (C=O) groups excluding carboxylic acids is 2. The summed E-state index contributed by atoms with van der Waals surface area (Å²) in [6.45, 7) is 0. The number of hydrogen-bond acceptors (Lipinski definition) is 5. The van der Waals surface area contributed by atoms with Gasteiger partial charge in [0.25, 0.3) is 5.91 Å². The molecule has 1 aliphatic rings. The minimum Gasteiger partial charge on any atom is -0.480 e. The van der Waals surface area contributed by atoms with Crippen LogP contribution >= 0.6 is 11.3 Å². The summed E-state index contributed by atoms with van der Waals surface area (Å²) in [5.74, 6) is -1.27. The molecule has 1 saturated carbocycles. The molecule has 0 unspecified atom stereocenters. The number of rotatable bonds is 8. The fourth-order valence-corrected chi connectivity index (χ4v) is 4.93. The summed E-state index contributed by atoms with van der Waals surface area (Å²) in [7, 11) is 0. The van der Waals surface area contributed by atoms with E-state index in [2.05, 4.69) is 5.32 Å². The Labute approximate surface area is 184 Å². The molecule has 3 amide bonds. The topological polar surface area (TPSA) is 162 Å². The quantitative estimate of drug-likeness (QED) is 0.423. The number of allylic oxidation sites excluding steroid dienone is 1. The molecule has 31 heavy (non-hydrogen) atoms. The van der Waals surface area contributed by atoms with E-state index < -0.39 is 23.9 Å². The Morgan fingerprint density at radius 3 is 2.35 bits per heavy atom. The number of carbonyl (C=O) groups is 3. The third-order valence-electron chi connectivity index (χ3n) is 5.44. The lowest BCUT2D eigenvalue weighted by Crippen LogP contribution is -2.29. The van der Waals surface area contributed by atoms with Crippen LogP contribution in [0.4, 0.5) is 9.80 Å². The Kier molecular flexibility index (Phi) is 7.09. The number of hydrogen-bond donors (Lipinski definition) is 5. The van der Waals surface area contributed by atoms with Crippen LogP contribution in [0.5, 0.6) is 0 Å². The molecule has 164 valence electrons. The fraction of sp³-hybridized carbons (Fsp3) is 0.318. The highest BCUT2D eigenvalue weighted by Gasteiger charge is 2.22. The zero-order valence-corrected chi connectivity index (χ0v) is 17.8. The predicted octanol–water partition coefficient (Wildman–Crippen LogP) is 3.38. The fourth-order valence-electron chi connectivity index (χ4n) is 3.86. The van der Waals surface area contributed by atoms with Gasteiger partial charge in [-0.05, 0) is 47.9 Å². The molecule has 3 rings (SSSR count). The Bertz CT molecular complexity index is 1010. The van der Waals surface area contributed by atoms with Crippen molar-refractivity contribution in [1.82, 2.24) is 0 Å². The summed E-state index contributed by atoms with van der Waals surface area (Å²) in [4.78, 5) is 34.8. The summed E-state index contributed by atoms with van der Waals surface area (Å²) in [5, 5.41) is 11.8. The molecule has 0 radical (unpaired) electrons. The first-order chi connectivity index (χ1) is 14.8. The van der Waals surface area contributed by atoms with Crippen LogP contribution in [-0.2, 0) is 4.79 Å². The normalized spacial score (nSPS) is 15.6. The van der Waals surface area contributed by atoms with E-state index in [1.54, 1.807) is 6.07 Å². The molecule has 8 N–H and O–H groups in total. The molecule has 1 aliphatic carbocycles. The van der Waals surface area contributed by atoms with Crippen molar-refractivity contribution in [1.29, 1.82) is 0 Å². The highest BCUT2D eigenvalue weighted by atomic mass is 32.1. The average Bonchev–Trinajstić information content (AvgIpc) is 3.38. The number of carboxylic acids is 1. The summed E-state index contributed by atoms with van der Waals surface area (Å²) < 4.78 is 0. The summed E-state index contributed by atoms with van der Waals surface area (Å²) >= 11 is 1.22. The number of carboxylic acid groups (broad SMARTS) is 1. The number of benzene rings is 1. The molecule has 0 bridgehead atoms. The summed E-state index contributed by atoms with van der Waals surface area (Å²) in [6.07, 6.45) is 6.69. The van der Waals surface area contributed by atoms with Crippen molar-refractivity contribution in [3.05, 3.63) is 47.5 Å². The van der Waals surface area contributed by atoms with Gasteiger partial charge in [0.05, 0.1) is 5.56 Å². The highest BCUT2D eigenvalue weighted by Crippen LogP contribution is 2.39. The van der Waals surface area contributed by atoms with E-state index in [4.69, 9.17) is 22.3 Å². The van der Waals surface area contributed by atoms with Crippen LogP contribution in [0.2, 0.25) is 0 Å². The third kappa shape index (κ3) is 5.50. The largest absolute Gasteiger partial charge is 0.480 e. The Hall–Kier alpha value is -3.17. The first kappa shape index (κ1) is 22.5. The molecular weight excluding hydrogens is 416 g/mol. The maximum Gasteiger partial charge on any atom is 0.320 e. The zero-order chi connectivity index (χ0) is 22.5. The van der Waals surface area contributed by atoms with E-state index in [1.165, 1.54) is 11.3 Å². The van der Waals surface area contributed by atoms with Gasteiger partial charge in [-0.2, -0.15) is 0 Å². The van der Waals surface area contributed by atoms with E-state index in [9.17, 15) is 14.4 Å². The van der Waals surface area contributed by atoms with Crippen molar-refractivity contribution in [2.75, 3.05) is 5.32 Å². The molecule has 9 heteroatoms. The van der Waals surface area contributed by atoms with Gasteiger partial charge in [-0.1, -0.05) is 43.2 Å². The van der Waals surface area contributed by atoms with Crippen LogP contribution < -0.4 is 22.5 Å². The first-order valence-electron chi connectivity index (χ1n) is 10.1. The standard InChI is InChI=1S/C22H26N4O4S/c23-17(21(28)29)10-9-15(12-3-1-2-4-12)13-5-7-14(8-6-13)18-11-16(19(24)27)20(31-18)26-22(25)30/h5-9,11-12,17H,1-4,10,23H2,(H2,24,27)(H,28,29)(H3,25,26,30)/b15-9+/t17-/m1/s1. The summed E-state index contributed by atoms with van der Waals surface area (Å²) in [5.41, 5.74) is 19.5. The second-order valence-electron chi connectivity index (χ2n) is 7.61. The second kappa shape index (κ2) is 9.76. The number of aliphatic carboxylic acids is 1. The zero-order valence-electron chi connectivity index (χ0n) is 17.0. The minimum absolute atomic E-state index is 0.206. The maximum absolute atomic E-state index is 11.7. The van der Waals surface area contributed by atoms with Crippen molar-refractivity contribution in [3.63, 3.8) is 0 Å². The van der Waals surface area contributed by atoms with Crippen molar-refractivity contribution < 1.29 is 19.5 Å². The van der Waals surface area contributed by atoms with Crippen LogP contribution in [0, 0.1) is 5.92 Å². The van der Waals surface area contributed by atoms with Gasteiger partial charge in [-0.15, -0.1) is 11.3 Å². The minimum atomic E-state index is -1.01. The number of amides is 3. The van der Waals surface area contributed by atoms with Gasteiger partial charge >= 0.3 is 12.0 Å². The number of nitrogens with one attached hydrogen (secondary N) is 1. The number of primary amides is 2. The van der Waals surface area contributed by atoms with Gasteiger partial charge in [0.15, 0.2) is 0 Å². The maximum atomic E-state index is 11.7.